The van der Waals surface area contributed by atoms with E-state index in [1.54, 1.807) is 0 Å². The van der Waals surface area contributed by atoms with Crippen LogP contribution in [-0.2, 0) is 82.4 Å². The minimum Gasteiger partial charge on any atom is -0.377 e. The van der Waals surface area contributed by atoms with Crippen LogP contribution in [0.5, 0.6) is 0 Å². The zero-order valence-corrected chi connectivity index (χ0v) is 32.6. The van der Waals surface area contributed by atoms with Gasteiger partial charge in [0.25, 0.3) is 0 Å². The summed E-state index contributed by atoms with van der Waals surface area (Å²) in [6.45, 7) is 4.63. The quantitative estimate of drug-likeness (QED) is 0.0689. The minimum absolute atomic E-state index is 0.0822. The molecule has 2 N–H and O–H groups in total. The molecule has 4 atom stereocenters. The van der Waals surface area contributed by atoms with Gasteiger partial charge in [0.1, 0.15) is 0 Å². The Morgan fingerprint density at radius 2 is 0.792 bits per heavy atom. The number of phosphoric acid groups is 2. The fourth-order valence-corrected chi connectivity index (χ4v) is 6.14. The SMILES string of the molecule is COP(C)(=O)OCCOCCOCCOP(=O)(OC)OCC(CCCCN)COP(=O)(OC)OCCOCCOCCOP(C)(=O)OC. The zero-order chi connectivity index (χ0) is 36.2. The fraction of sp³-hybridized carbons (Fsp3) is 1.00. The van der Waals surface area contributed by atoms with Crippen molar-refractivity contribution in [1.29, 1.82) is 0 Å². The van der Waals surface area contributed by atoms with Crippen LogP contribution < -0.4 is 5.73 Å². The third-order valence-electron chi connectivity index (χ3n) is 5.92. The Labute approximate surface area is 284 Å². The van der Waals surface area contributed by atoms with Crippen LogP contribution in [0.15, 0.2) is 0 Å². The van der Waals surface area contributed by atoms with Crippen molar-refractivity contribution in [3.8, 4) is 0 Å². The van der Waals surface area contributed by atoms with Gasteiger partial charge in [-0.05, 0) is 19.4 Å². The van der Waals surface area contributed by atoms with Gasteiger partial charge in [-0.25, -0.2) is 9.13 Å². The summed E-state index contributed by atoms with van der Waals surface area (Å²) in [5, 5.41) is 0. The van der Waals surface area contributed by atoms with E-state index in [9.17, 15) is 18.3 Å². The van der Waals surface area contributed by atoms with Crippen molar-refractivity contribution in [2.45, 2.75) is 19.3 Å². The van der Waals surface area contributed by atoms with E-state index in [1.165, 1.54) is 41.8 Å². The molecule has 0 radical (unpaired) electrons. The van der Waals surface area contributed by atoms with Crippen molar-refractivity contribution in [3.05, 3.63) is 0 Å². The van der Waals surface area contributed by atoms with Gasteiger partial charge in [-0.3, -0.25) is 36.3 Å². The molecule has 0 bridgehead atoms. The number of ether oxygens (including phenoxy) is 4. The molecule has 23 heteroatoms. The van der Waals surface area contributed by atoms with Crippen LogP contribution in [0, 0.1) is 5.92 Å². The average Bonchev–Trinajstić information content (AvgIpc) is 3.07. The summed E-state index contributed by atoms with van der Waals surface area (Å²) < 4.78 is 122. The highest BCUT2D eigenvalue weighted by atomic mass is 31.2. The van der Waals surface area contributed by atoms with Crippen LogP contribution in [0.2, 0.25) is 0 Å². The third kappa shape index (κ3) is 27.0. The van der Waals surface area contributed by atoms with Gasteiger partial charge < -0.3 is 42.8 Å². The summed E-state index contributed by atoms with van der Waals surface area (Å²) in [4.78, 5) is 0. The van der Waals surface area contributed by atoms with E-state index >= 15 is 0 Å². The normalized spacial score (nSPS) is 17.7. The average molecular weight is 784 g/mol. The summed E-state index contributed by atoms with van der Waals surface area (Å²) in [5.74, 6) is -0.374. The highest BCUT2D eigenvalue weighted by molar-refractivity contribution is 7.53. The minimum atomic E-state index is -3.93. The van der Waals surface area contributed by atoms with Crippen molar-refractivity contribution in [3.63, 3.8) is 0 Å². The first-order valence-electron chi connectivity index (χ1n) is 15.3. The Morgan fingerprint density at radius 1 is 0.458 bits per heavy atom. The molecular formula is C25H57NO18P4. The predicted octanol–water partition coefficient (Wildman–Crippen LogP) is 4.35. The van der Waals surface area contributed by atoms with Crippen LogP contribution in [0.4, 0.5) is 0 Å². The highest BCUT2D eigenvalue weighted by Crippen LogP contribution is 2.51. The molecule has 0 saturated heterocycles. The van der Waals surface area contributed by atoms with Gasteiger partial charge in [-0.15, -0.1) is 0 Å². The van der Waals surface area contributed by atoms with Crippen molar-refractivity contribution >= 4 is 30.8 Å². The van der Waals surface area contributed by atoms with Crippen molar-refractivity contribution in [2.24, 2.45) is 11.7 Å². The van der Waals surface area contributed by atoms with E-state index in [2.05, 4.69) is 0 Å². The summed E-state index contributed by atoms with van der Waals surface area (Å²) in [5.41, 5.74) is 5.61. The molecule has 0 aromatic heterocycles. The molecule has 19 nitrogen and oxygen atoms in total. The number of unbranched alkanes of at least 4 members (excludes halogenated alkanes) is 1. The van der Waals surface area contributed by atoms with Crippen LogP contribution in [-0.4, -0.2) is 141 Å². The second kappa shape index (κ2) is 28.9. The van der Waals surface area contributed by atoms with Gasteiger partial charge in [-0.1, -0.05) is 6.42 Å². The number of hydrogen-bond acceptors (Lipinski definition) is 19. The highest BCUT2D eigenvalue weighted by Gasteiger charge is 2.30. The molecule has 0 heterocycles. The third-order valence-corrected chi connectivity index (χ3v) is 11.4. The first kappa shape index (κ1) is 48.3. The van der Waals surface area contributed by atoms with Gasteiger partial charge >= 0.3 is 30.8 Å². The lowest BCUT2D eigenvalue weighted by atomic mass is 10.0. The molecule has 0 amide bonds. The van der Waals surface area contributed by atoms with E-state index in [0.717, 1.165) is 6.42 Å². The maximum Gasteiger partial charge on any atom is 0.474 e. The molecule has 0 aromatic rings. The summed E-state index contributed by atoms with van der Waals surface area (Å²) in [7, 11) is -8.95. The van der Waals surface area contributed by atoms with E-state index in [-0.39, 0.29) is 98.4 Å². The first-order chi connectivity index (χ1) is 22.8. The molecule has 0 aliphatic rings. The Kier molecular flexibility index (Phi) is 29.0. The fourth-order valence-electron chi connectivity index (χ4n) is 3.16. The molecule has 0 rings (SSSR count). The van der Waals surface area contributed by atoms with E-state index in [4.69, 9.17) is 69.9 Å². The number of nitrogens with two attached hydrogens (primary N) is 1. The van der Waals surface area contributed by atoms with Crippen molar-refractivity contribution in [2.75, 3.05) is 141 Å². The van der Waals surface area contributed by atoms with Crippen LogP contribution >= 0.6 is 30.8 Å². The molecule has 0 saturated carbocycles. The molecule has 290 valence electrons. The Hall–Kier alpha value is 0.320. The van der Waals surface area contributed by atoms with Crippen LogP contribution in [0.3, 0.4) is 0 Å². The molecule has 48 heavy (non-hydrogen) atoms. The van der Waals surface area contributed by atoms with Gasteiger partial charge in [0.05, 0.1) is 92.5 Å². The molecule has 0 spiro atoms. The maximum atomic E-state index is 12.9. The molecule has 0 fully saturated rings. The second-order valence-electron chi connectivity index (χ2n) is 9.69. The molecule has 0 aliphatic heterocycles. The molecule has 0 aliphatic carbocycles. The Morgan fingerprint density at radius 3 is 1.10 bits per heavy atom. The van der Waals surface area contributed by atoms with Crippen molar-refractivity contribution in [1.82, 2.24) is 0 Å². The second-order valence-corrected chi connectivity index (χ2v) is 17.6. The molecular weight excluding hydrogens is 726 g/mol. The number of hydrogen-bond donors (Lipinski definition) is 1. The first-order valence-corrected chi connectivity index (χ1v) is 22.2. The number of phosphoric ester groups is 2. The maximum absolute atomic E-state index is 12.9. The van der Waals surface area contributed by atoms with Gasteiger partial charge in [0, 0.05) is 47.7 Å². The summed E-state index contributed by atoms with van der Waals surface area (Å²) >= 11 is 0. The lowest BCUT2D eigenvalue weighted by Crippen LogP contribution is -2.18. The van der Waals surface area contributed by atoms with E-state index in [0.29, 0.717) is 19.4 Å². The van der Waals surface area contributed by atoms with Crippen LogP contribution in [0.25, 0.3) is 0 Å². The zero-order valence-electron chi connectivity index (χ0n) is 29.0. The van der Waals surface area contributed by atoms with Gasteiger partial charge in [0.2, 0.25) is 0 Å². The summed E-state index contributed by atoms with van der Waals surface area (Å²) in [6.07, 6.45) is 1.99. The van der Waals surface area contributed by atoms with Gasteiger partial charge in [-0.2, -0.15) is 0 Å². The predicted molar refractivity (Wildman–Crippen MR) is 176 cm³/mol. The van der Waals surface area contributed by atoms with Crippen molar-refractivity contribution < 1.29 is 82.4 Å². The Bertz CT molecular complexity index is 909. The van der Waals surface area contributed by atoms with E-state index in [1.807, 2.05) is 0 Å². The standard InChI is InChI=1S/C25H57NO18P4/c1-31-45(5,27)39-19-15-35-11-13-37-17-21-41-47(29,33-3)43-23-25(9-7-8-10-26)24-44-48(30,34-4)42-22-18-38-14-12-36-16-20-40-46(6,28)32-2/h25H,7-24,26H2,1-6H3. The smallest absolute Gasteiger partial charge is 0.377 e. The van der Waals surface area contributed by atoms with E-state index < -0.39 is 30.8 Å². The topological polar surface area (TPSA) is 224 Å². The monoisotopic (exact) mass is 783 g/mol. The number of rotatable bonds is 36. The largest absolute Gasteiger partial charge is 0.474 e. The lowest BCUT2D eigenvalue weighted by molar-refractivity contribution is 0.0161. The van der Waals surface area contributed by atoms with Gasteiger partial charge in [0.15, 0.2) is 0 Å². The molecule has 4 unspecified atom stereocenters. The Balaban J connectivity index is 4.43. The van der Waals surface area contributed by atoms with Crippen LogP contribution in [0.1, 0.15) is 19.3 Å². The summed E-state index contributed by atoms with van der Waals surface area (Å²) in [6, 6.07) is 0. The molecule has 0 aromatic carbocycles. The lowest BCUT2D eigenvalue weighted by Gasteiger charge is -2.23.